The predicted octanol–water partition coefficient (Wildman–Crippen LogP) is 4.90. The highest BCUT2D eigenvalue weighted by atomic mass is 19.4. The summed E-state index contributed by atoms with van der Waals surface area (Å²) in [5.74, 6) is -3.60. The molecule has 5 rings (SSSR count). The number of carbonyl (C=O) groups excluding carboxylic acids is 2. The smallest absolute Gasteiger partial charge is 0.422 e. The molecule has 3 aliphatic rings. The van der Waals surface area contributed by atoms with Crippen LogP contribution in [0.4, 0.5) is 27.8 Å². The quantitative estimate of drug-likeness (QED) is 0.420. The van der Waals surface area contributed by atoms with Crippen LogP contribution in [0.25, 0.3) is 0 Å². The highest BCUT2D eigenvalue weighted by Crippen LogP contribution is 2.43. The van der Waals surface area contributed by atoms with Crippen LogP contribution in [0, 0.1) is 11.8 Å². The molecule has 2 aliphatic carbocycles. The molecule has 2 saturated carbocycles. The molecular weight excluding hydrogens is 511 g/mol. The summed E-state index contributed by atoms with van der Waals surface area (Å²) in [6.07, 6.45) is -0.914. The first kappa shape index (κ1) is 26.4. The Morgan fingerprint density at radius 3 is 2.66 bits per heavy atom. The fraction of sp³-hybridized carbons (Fsp3) is 0.577. The zero-order chi connectivity index (χ0) is 27.1. The van der Waals surface area contributed by atoms with Crippen LogP contribution in [0.1, 0.15) is 60.1 Å². The van der Waals surface area contributed by atoms with Crippen LogP contribution >= 0.6 is 0 Å². The summed E-state index contributed by atoms with van der Waals surface area (Å²) in [5.41, 5.74) is 1.56. The number of carbonyl (C=O) groups is 2. The van der Waals surface area contributed by atoms with Gasteiger partial charge in [-0.25, -0.2) is 13.5 Å². The van der Waals surface area contributed by atoms with E-state index in [1.54, 1.807) is 22.9 Å². The number of fused-ring (bicyclic) bond motifs is 1. The normalized spacial score (nSPS) is 20.9. The number of ether oxygens (including phenoxy) is 1. The third-order valence-electron chi connectivity index (χ3n) is 7.26. The van der Waals surface area contributed by atoms with E-state index in [4.69, 9.17) is 4.74 Å². The lowest BCUT2D eigenvalue weighted by Crippen LogP contribution is -2.43. The summed E-state index contributed by atoms with van der Waals surface area (Å²) in [5, 5.41) is 10.3. The van der Waals surface area contributed by atoms with E-state index in [0.717, 1.165) is 24.8 Å². The Hall–Kier alpha value is -3.18. The monoisotopic (exact) mass is 540 g/mol. The lowest BCUT2D eigenvalue weighted by Gasteiger charge is -2.33. The number of alkyl halides is 5. The van der Waals surface area contributed by atoms with Gasteiger partial charge in [-0.1, -0.05) is 25.0 Å². The molecule has 2 aromatic rings. The van der Waals surface area contributed by atoms with E-state index in [2.05, 4.69) is 15.7 Å². The minimum Gasteiger partial charge on any atom is -0.484 e. The topological polar surface area (TPSA) is 85.2 Å². The molecule has 2 N–H and O–H groups in total. The molecule has 2 amide bonds. The van der Waals surface area contributed by atoms with Gasteiger partial charge in [0, 0.05) is 37.8 Å². The standard InChI is InChI=1S/C26H29F5N4O3/c27-25(28)12-17(13-25)23(36)33-22-21-20(34-35(22)9-8-15-4-5-15)11-18(32-24(21)37)7-6-16-2-1-3-19(10-16)38-14-26(29,30)31/h1-3,10,15,17-18H,4-9,11-14H2,(H,32,37)(H,33,36)/t18-/m0/s1. The number of amides is 2. The maximum Gasteiger partial charge on any atom is 0.422 e. The van der Waals surface area contributed by atoms with E-state index < -0.39 is 49.3 Å². The van der Waals surface area contributed by atoms with Gasteiger partial charge in [0.2, 0.25) is 11.8 Å². The minimum absolute atomic E-state index is 0.119. The molecule has 0 unspecified atom stereocenters. The second-order valence-electron chi connectivity index (χ2n) is 10.5. The van der Waals surface area contributed by atoms with Crippen molar-refractivity contribution < 1.29 is 36.3 Å². The Morgan fingerprint density at radius 1 is 1.21 bits per heavy atom. The zero-order valence-electron chi connectivity index (χ0n) is 20.6. The molecule has 12 heteroatoms. The van der Waals surface area contributed by atoms with E-state index in [1.165, 1.54) is 6.07 Å². The van der Waals surface area contributed by atoms with Crippen LogP contribution in [-0.2, 0) is 24.2 Å². The number of nitrogens with zero attached hydrogens (tertiary/aromatic N) is 2. The average molecular weight is 541 g/mol. The van der Waals surface area contributed by atoms with Crippen molar-refractivity contribution >= 4 is 17.6 Å². The van der Waals surface area contributed by atoms with Crippen molar-refractivity contribution in [2.75, 3.05) is 11.9 Å². The summed E-state index contributed by atoms with van der Waals surface area (Å²) < 4.78 is 70.3. The summed E-state index contributed by atoms with van der Waals surface area (Å²) in [6.45, 7) is -0.861. The zero-order valence-corrected chi connectivity index (χ0v) is 20.6. The molecule has 38 heavy (non-hydrogen) atoms. The molecule has 206 valence electrons. The summed E-state index contributed by atoms with van der Waals surface area (Å²) >= 11 is 0. The SMILES string of the molecule is O=C1N[C@@H](CCc2cccc(OCC(F)(F)F)c2)Cc2nn(CCC3CC3)c(NC(=O)C3CC(F)(F)C3)c21. The number of aryl methyl sites for hydroxylation is 2. The van der Waals surface area contributed by atoms with Crippen molar-refractivity contribution in [1.29, 1.82) is 0 Å². The minimum atomic E-state index is -4.43. The molecular formula is C26H29F5N4O3. The first-order chi connectivity index (χ1) is 18.0. The van der Waals surface area contributed by atoms with Gasteiger partial charge in [0.25, 0.3) is 5.91 Å². The van der Waals surface area contributed by atoms with E-state index in [1.807, 2.05) is 0 Å². The van der Waals surface area contributed by atoms with E-state index in [-0.39, 0.29) is 23.2 Å². The summed E-state index contributed by atoms with van der Waals surface area (Å²) in [6, 6.07) is 6.13. The van der Waals surface area contributed by atoms with Gasteiger partial charge in [0.1, 0.15) is 17.1 Å². The van der Waals surface area contributed by atoms with Gasteiger partial charge in [-0.3, -0.25) is 9.59 Å². The van der Waals surface area contributed by atoms with Crippen LogP contribution in [-0.4, -0.2) is 46.3 Å². The molecule has 7 nitrogen and oxygen atoms in total. The molecule has 1 aliphatic heterocycles. The maximum atomic E-state index is 13.3. The Morgan fingerprint density at radius 2 is 1.97 bits per heavy atom. The first-order valence-electron chi connectivity index (χ1n) is 12.8. The van der Waals surface area contributed by atoms with Crippen molar-refractivity contribution in [3.63, 3.8) is 0 Å². The first-order valence-corrected chi connectivity index (χ1v) is 12.8. The molecule has 1 aromatic heterocycles. The Kier molecular flexibility index (Phi) is 7.08. The van der Waals surface area contributed by atoms with Gasteiger partial charge in [-0.15, -0.1) is 0 Å². The third kappa shape index (κ3) is 6.44. The van der Waals surface area contributed by atoms with Gasteiger partial charge < -0.3 is 15.4 Å². The predicted molar refractivity (Wildman–Crippen MR) is 127 cm³/mol. The average Bonchev–Trinajstić information content (AvgIpc) is 3.59. The van der Waals surface area contributed by atoms with Crippen molar-refractivity contribution in [2.24, 2.45) is 11.8 Å². The number of hydrogen-bond donors (Lipinski definition) is 2. The maximum absolute atomic E-state index is 13.3. The fourth-order valence-electron chi connectivity index (χ4n) is 4.97. The molecule has 0 spiro atoms. The van der Waals surface area contributed by atoms with Crippen LogP contribution in [0.3, 0.4) is 0 Å². The van der Waals surface area contributed by atoms with Crippen LogP contribution < -0.4 is 15.4 Å². The molecule has 0 bridgehead atoms. The Balaban J connectivity index is 1.25. The highest BCUT2D eigenvalue weighted by Gasteiger charge is 2.49. The number of halogens is 5. The molecule has 1 atom stereocenters. The Labute approximate surface area is 216 Å². The molecule has 0 saturated heterocycles. The van der Waals surface area contributed by atoms with E-state index in [0.29, 0.717) is 37.4 Å². The van der Waals surface area contributed by atoms with Crippen molar-refractivity contribution in [1.82, 2.24) is 15.1 Å². The number of anilines is 1. The number of rotatable bonds is 10. The van der Waals surface area contributed by atoms with Gasteiger partial charge in [-0.05, 0) is 42.9 Å². The van der Waals surface area contributed by atoms with Gasteiger partial charge in [0.05, 0.1) is 5.69 Å². The highest BCUT2D eigenvalue weighted by molar-refractivity contribution is 6.05. The van der Waals surface area contributed by atoms with Crippen molar-refractivity contribution in [3.8, 4) is 5.75 Å². The van der Waals surface area contributed by atoms with E-state index in [9.17, 15) is 31.5 Å². The van der Waals surface area contributed by atoms with Gasteiger partial charge in [0.15, 0.2) is 6.61 Å². The van der Waals surface area contributed by atoms with E-state index >= 15 is 0 Å². The van der Waals surface area contributed by atoms with Gasteiger partial charge >= 0.3 is 6.18 Å². The molecule has 1 aromatic carbocycles. The lowest BCUT2D eigenvalue weighted by atomic mass is 9.81. The van der Waals surface area contributed by atoms with Crippen LogP contribution in [0.5, 0.6) is 5.75 Å². The van der Waals surface area contributed by atoms with Gasteiger partial charge in [-0.2, -0.15) is 18.3 Å². The number of hydrogen-bond acceptors (Lipinski definition) is 4. The molecule has 2 heterocycles. The largest absolute Gasteiger partial charge is 0.484 e. The number of aromatic nitrogens is 2. The molecule has 2 fully saturated rings. The second-order valence-corrected chi connectivity index (χ2v) is 10.5. The van der Waals surface area contributed by atoms with Crippen LogP contribution in [0.2, 0.25) is 0 Å². The Bertz CT molecular complexity index is 1200. The second kappa shape index (κ2) is 10.2. The third-order valence-corrected chi connectivity index (χ3v) is 7.26. The summed E-state index contributed by atoms with van der Waals surface area (Å²) in [7, 11) is 0. The molecule has 0 radical (unpaired) electrons. The van der Waals surface area contributed by atoms with Crippen LogP contribution in [0.15, 0.2) is 24.3 Å². The van der Waals surface area contributed by atoms with Crippen molar-refractivity contribution in [2.45, 2.75) is 76.1 Å². The number of benzene rings is 1. The number of nitrogens with one attached hydrogen (secondary N) is 2. The summed E-state index contributed by atoms with van der Waals surface area (Å²) in [4.78, 5) is 25.7. The fourth-order valence-corrected chi connectivity index (χ4v) is 4.97. The lowest BCUT2D eigenvalue weighted by molar-refractivity contribution is -0.153. The van der Waals surface area contributed by atoms with Crippen molar-refractivity contribution in [3.05, 3.63) is 41.1 Å².